The Balaban J connectivity index is 0.936. The van der Waals surface area contributed by atoms with Gasteiger partial charge in [-0.25, -0.2) is 0 Å². The van der Waals surface area contributed by atoms with Crippen LogP contribution in [0.2, 0.25) is 13.1 Å². The van der Waals surface area contributed by atoms with Crippen LogP contribution >= 0.6 is 0 Å². The summed E-state index contributed by atoms with van der Waals surface area (Å²) in [5.41, 5.74) is 27.0. The molecule has 452 valence electrons. The fourth-order valence-electron chi connectivity index (χ4n) is 16.3. The number of fused-ring (bicyclic) bond motifs is 11. The predicted octanol–water partition coefficient (Wildman–Crippen LogP) is 17.7. The van der Waals surface area contributed by atoms with Gasteiger partial charge in [0.2, 0.25) is 0 Å². The molecule has 0 fully saturated rings. The van der Waals surface area contributed by atoms with E-state index in [1.165, 1.54) is 49.1 Å². The molecule has 0 spiro atoms. The van der Waals surface area contributed by atoms with Crippen LogP contribution in [0.5, 0.6) is 11.5 Å². The molecule has 0 bridgehead atoms. The topological polar surface area (TPSA) is 28.7 Å². The summed E-state index contributed by atoms with van der Waals surface area (Å²) in [6, 6.07) is 125. The number of rotatable bonds is 10. The molecule has 5 heterocycles. The highest BCUT2D eigenvalue weighted by Gasteiger charge is 2.51. The Morgan fingerprint density at radius 3 is 1.10 bits per heavy atom. The van der Waals surface area contributed by atoms with E-state index >= 15 is 0 Å². The van der Waals surface area contributed by atoms with Gasteiger partial charge in [-0.3, -0.25) is 0 Å². The molecule has 19 rings (SSSR count). The molecule has 96 heavy (non-hydrogen) atoms. The Labute approximate surface area is 562 Å². The van der Waals surface area contributed by atoms with E-state index < -0.39 is 8.07 Å². The van der Waals surface area contributed by atoms with Gasteiger partial charge < -0.3 is 34.1 Å². The molecule has 0 unspecified atom stereocenters. The zero-order chi connectivity index (χ0) is 63.6. The lowest BCUT2D eigenvalue weighted by atomic mass is 9.30. The van der Waals surface area contributed by atoms with Gasteiger partial charge in [0, 0.05) is 102 Å². The van der Waals surface area contributed by atoms with Crippen LogP contribution in [0, 0.1) is 0 Å². The van der Waals surface area contributed by atoms with Crippen LogP contribution in [-0.4, -0.2) is 21.5 Å². The maximum atomic E-state index is 8.05. The van der Waals surface area contributed by atoms with E-state index in [2.05, 4.69) is 382 Å². The molecule has 0 aromatic heterocycles. The molecule has 0 N–H and O–H groups in total. The average molecular weight is 1250 g/mol. The van der Waals surface area contributed by atoms with E-state index in [4.69, 9.17) is 4.74 Å². The maximum Gasteiger partial charge on any atom is 0.256 e. The summed E-state index contributed by atoms with van der Waals surface area (Å²) in [4.78, 5) is 14.9. The highest BCUT2D eigenvalue weighted by Crippen LogP contribution is 2.52. The lowest BCUT2D eigenvalue weighted by molar-refractivity contribution is 0.491. The summed E-state index contributed by atoms with van der Waals surface area (Å²) in [6.45, 7) is 4.61. The number of para-hydroxylation sites is 10. The van der Waals surface area contributed by atoms with E-state index in [-0.39, 0.29) is 13.4 Å². The van der Waals surface area contributed by atoms with Gasteiger partial charge in [-0.05, 0) is 177 Å². The molecule has 5 aliphatic heterocycles. The first-order chi connectivity index (χ1) is 47.4. The van der Waals surface area contributed by atoms with E-state index in [1.54, 1.807) is 0 Å². The SMILES string of the molecule is C[Si]1(C)c2ccccc2N(c2ccccc2)c2ccc3c(c21)Oc1cc(N(c2ccccc2)c2ccccc2)cc2c1B3c1cc3c(cc1N2c1ccccc1)N(c1ccccc1)c1cc(N(c2ccccc2)c2ccccc2)cc2c1B3c1ccccc1N2c1ccccc1. The zero-order valence-corrected chi connectivity index (χ0v) is 54.1. The fraction of sp³-hybridized carbons (Fsp3) is 0.0233. The molecular weight excluding hydrogens is 1180 g/mol. The summed E-state index contributed by atoms with van der Waals surface area (Å²) in [5, 5.41) is 2.67. The van der Waals surface area contributed by atoms with Crippen LogP contribution in [0.15, 0.2) is 340 Å². The third kappa shape index (κ3) is 8.55. The second-order valence-electron chi connectivity index (χ2n) is 26.0. The monoisotopic (exact) mass is 1240 g/mol. The van der Waals surface area contributed by atoms with Gasteiger partial charge in [0.25, 0.3) is 13.4 Å². The highest BCUT2D eigenvalue weighted by molar-refractivity contribution is 7.06. The molecule has 5 aliphatic rings. The largest absolute Gasteiger partial charge is 0.458 e. The number of anilines is 18. The molecule has 0 atom stereocenters. The summed E-state index contributed by atoms with van der Waals surface area (Å²) >= 11 is 0. The van der Waals surface area contributed by atoms with Gasteiger partial charge in [0.15, 0.2) is 0 Å². The minimum absolute atomic E-state index is 0.189. The van der Waals surface area contributed by atoms with Gasteiger partial charge in [-0.1, -0.05) is 207 Å². The zero-order valence-electron chi connectivity index (χ0n) is 53.1. The minimum Gasteiger partial charge on any atom is -0.458 e. The standard InChI is InChI=1S/C86H62B2N6OSi/c1-96(2)82-50-30-29-49-74(82)92(64-41-21-8-22-42-64)75-52-51-70-85(86(75)96)95-81-56-68(90(61-35-15-5-16-36-61)62-37-17-6-18-38-62)55-80-84(81)88(70)72-57-71-76(58-77(72)94(80)66-45-25-10-26-46-66)93(65-43-23-9-24-44-65)79-54-67(89(59-31-11-3-12-32-59)60-33-13-4-14-34-60)53-78-83(79)87(71)69-47-27-28-48-73(69)91(78)63-39-19-7-20-40-63/h3-58H,1-2H3. The van der Waals surface area contributed by atoms with Crippen LogP contribution in [0.25, 0.3) is 0 Å². The molecule has 0 amide bonds. The Kier molecular flexibility index (Phi) is 12.8. The normalized spacial score (nSPS) is 13.8. The molecule has 0 saturated heterocycles. The number of nitrogens with zero attached hydrogens (tertiary/aromatic N) is 6. The van der Waals surface area contributed by atoms with Crippen LogP contribution in [0.1, 0.15) is 0 Å². The first-order valence-corrected chi connectivity index (χ1v) is 36.2. The molecule has 10 heteroatoms. The summed E-state index contributed by atoms with van der Waals surface area (Å²) in [7, 11) is -2.60. The molecule has 0 radical (unpaired) electrons. The molecule has 14 aromatic rings. The second-order valence-corrected chi connectivity index (χ2v) is 30.3. The second kappa shape index (κ2) is 22.1. The fourth-order valence-corrected chi connectivity index (χ4v) is 19.6. The number of benzene rings is 14. The lowest BCUT2D eigenvalue weighted by Crippen LogP contribution is -2.66. The summed E-state index contributed by atoms with van der Waals surface area (Å²) in [5.74, 6) is 1.80. The number of hydrogen-bond donors (Lipinski definition) is 0. The van der Waals surface area contributed by atoms with Crippen molar-refractivity contribution in [2.24, 2.45) is 0 Å². The smallest absolute Gasteiger partial charge is 0.256 e. The Bertz CT molecular complexity index is 5270. The number of ether oxygens (including phenoxy) is 1. The Morgan fingerprint density at radius 1 is 0.271 bits per heavy atom. The minimum atomic E-state index is -2.60. The van der Waals surface area contributed by atoms with E-state index in [0.29, 0.717) is 0 Å². The van der Waals surface area contributed by atoms with Crippen molar-refractivity contribution in [2.75, 3.05) is 29.4 Å². The molecule has 14 aromatic carbocycles. The van der Waals surface area contributed by atoms with Crippen molar-refractivity contribution < 1.29 is 4.74 Å². The van der Waals surface area contributed by atoms with Crippen LogP contribution in [0.4, 0.5) is 102 Å². The molecule has 0 saturated carbocycles. The van der Waals surface area contributed by atoms with E-state index in [0.717, 1.165) is 108 Å². The summed E-state index contributed by atoms with van der Waals surface area (Å²) in [6.07, 6.45) is 0. The van der Waals surface area contributed by atoms with Crippen molar-refractivity contribution in [3.8, 4) is 11.5 Å². The lowest BCUT2D eigenvalue weighted by Gasteiger charge is -2.47. The third-order valence-corrected chi connectivity index (χ3v) is 23.8. The van der Waals surface area contributed by atoms with E-state index in [1.807, 2.05) is 0 Å². The molecule has 7 nitrogen and oxygen atoms in total. The van der Waals surface area contributed by atoms with Crippen LogP contribution < -0.4 is 77.3 Å². The average Bonchev–Trinajstić information content (AvgIpc) is 0.687. The van der Waals surface area contributed by atoms with Crippen molar-refractivity contribution in [3.63, 3.8) is 0 Å². The van der Waals surface area contributed by atoms with Crippen LogP contribution in [-0.2, 0) is 0 Å². The maximum absolute atomic E-state index is 8.05. The van der Waals surface area contributed by atoms with Gasteiger partial charge in [-0.2, -0.15) is 0 Å². The Morgan fingerprint density at radius 2 is 0.635 bits per heavy atom. The summed E-state index contributed by atoms with van der Waals surface area (Å²) < 4.78 is 8.05. The van der Waals surface area contributed by atoms with Crippen molar-refractivity contribution in [2.45, 2.75) is 13.1 Å². The van der Waals surface area contributed by atoms with Gasteiger partial charge in [0.1, 0.15) is 19.6 Å². The highest BCUT2D eigenvalue weighted by atomic mass is 28.3. The first kappa shape index (κ1) is 55.6. The predicted molar refractivity (Wildman–Crippen MR) is 407 cm³/mol. The van der Waals surface area contributed by atoms with E-state index in [9.17, 15) is 0 Å². The van der Waals surface area contributed by atoms with Gasteiger partial charge >= 0.3 is 0 Å². The van der Waals surface area contributed by atoms with Crippen LogP contribution in [0.3, 0.4) is 0 Å². The first-order valence-electron chi connectivity index (χ1n) is 33.2. The van der Waals surface area contributed by atoms with Gasteiger partial charge in [0.05, 0.1) is 11.4 Å². The van der Waals surface area contributed by atoms with Crippen molar-refractivity contribution >= 4 is 167 Å². The molecular formula is C86H62B2N6OSi. The third-order valence-electron chi connectivity index (χ3n) is 20.3. The quantitative estimate of drug-likeness (QED) is 0.126. The Hall–Kier alpha value is -12.0. The van der Waals surface area contributed by atoms with Crippen molar-refractivity contribution in [1.29, 1.82) is 0 Å². The number of hydrogen-bond acceptors (Lipinski definition) is 7. The molecule has 0 aliphatic carbocycles. The van der Waals surface area contributed by atoms with Crippen molar-refractivity contribution in [1.82, 2.24) is 0 Å². The van der Waals surface area contributed by atoms with Gasteiger partial charge in [-0.15, -0.1) is 0 Å². The van der Waals surface area contributed by atoms with Crippen molar-refractivity contribution in [3.05, 3.63) is 340 Å².